The minimum Gasteiger partial charge on any atom is -0.508 e. The molecule has 154 valence electrons. The first-order valence-electron chi connectivity index (χ1n) is 8.45. The molecule has 0 radical (unpaired) electrons. The van der Waals surface area contributed by atoms with E-state index < -0.39 is 15.9 Å². The molecule has 0 atom stereocenters. The number of phenolic OH excluding ortho intramolecular Hbond substituents is 1. The number of aromatic hydroxyl groups is 1. The Hall–Kier alpha value is -3.07. The second kappa shape index (κ2) is 9.17. The highest BCUT2D eigenvalue weighted by molar-refractivity contribution is 7.92. The highest BCUT2D eigenvalue weighted by Gasteiger charge is 2.18. The summed E-state index contributed by atoms with van der Waals surface area (Å²) in [5.74, 6) is -0.482. The topological polar surface area (TPSA) is 108 Å². The third-order valence-electron chi connectivity index (χ3n) is 3.85. The van der Waals surface area contributed by atoms with E-state index in [-0.39, 0.29) is 26.9 Å². The summed E-state index contributed by atoms with van der Waals surface area (Å²) >= 11 is 11.9. The molecular formula is C20H15Cl2N3O4S. The number of amides is 1. The Balaban J connectivity index is 1.75. The first-order chi connectivity index (χ1) is 14.2. The zero-order chi connectivity index (χ0) is 21.7. The lowest BCUT2D eigenvalue weighted by Gasteiger charge is -2.11. The van der Waals surface area contributed by atoms with Gasteiger partial charge in [0.25, 0.3) is 15.9 Å². The molecule has 7 nitrogen and oxygen atoms in total. The summed E-state index contributed by atoms with van der Waals surface area (Å²) in [6.45, 7) is 0. The van der Waals surface area contributed by atoms with Crippen LogP contribution in [0.1, 0.15) is 15.9 Å². The molecule has 0 bridgehead atoms. The summed E-state index contributed by atoms with van der Waals surface area (Å²) < 4.78 is 27.7. The Bertz CT molecular complexity index is 1210. The molecule has 3 N–H and O–H groups in total. The molecule has 0 aliphatic rings. The second-order valence-corrected chi connectivity index (χ2v) is 8.57. The SMILES string of the molecule is O=C(N/N=C/c1ccc(O)cc1)c1cccc(S(=O)(=O)Nc2cc(Cl)ccc2Cl)c1. The Morgan fingerprint density at radius 1 is 1.00 bits per heavy atom. The van der Waals surface area contributed by atoms with Crippen LogP contribution in [0.15, 0.2) is 76.7 Å². The van der Waals surface area contributed by atoms with Crippen molar-refractivity contribution in [3.05, 3.63) is 87.9 Å². The number of carbonyl (C=O) groups excluding carboxylic acids is 1. The van der Waals surface area contributed by atoms with Crippen LogP contribution in [0.2, 0.25) is 10.0 Å². The molecule has 1 amide bonds. The molecular weight excluding hydrogens is 449 g/mol. The maximum Gasteiger partial charge on any atom is 0.271 e. The summed E-state index contributed by atoms with van der Waals surface area (Å²) in [4.78, 5) is 12.2. The number of sulfonamides is 1. The fourth-order valence-electron chi connectivity index (χ4n) is 2.37. The first-order valence-corrected chi connectivity index (χ1v) is 10.7. The van der Waals surface area contributed by atoms with Gasteiger partial charge in [-0.3, -0.25) is 9.52 Å². The second-order valence-electron chi connectivity index (χ2n) is 6.05. The van der Waals surface area contributed by atoms with Crippen molar-refractivity contribution in [2.75, 3.05) is 4.72 Å². The van der Waals surface area contributed by atoms with E-state index in [1.165, 1.54) is 60.8 Å². The van der Waals surface area contributed by atoms with E-state index in [1.54, 1.807) is 12.1 Å². The number of anilines is 1. The van der Waals surface area contributed by atoms with Crippen molar-refractivity contribution in [2.45, 2.75) is 4.90 Å². The van der Waals surface area contributed by atoms with Gasteiger partial charge in [-0.15, -0.1) is 0 Å². The van der Waals surface area contributed by atoms with E-state index in [9.17, 15) is 18.3 Å². The molecule has 0 unspecified atom stereocenters. The van der Waals surface area contributed by atoms with E-state index in [1.807, 2.05) is 0 Å². The van der Waals surface area contributed by atoms with Crippen molar-refractivity contribution >= 4 is 51.0 Å². The zero-order valence-electron chi connectivity index (χ0n) is 15.2. The lowest BCUT2D eigenvalue weighted by molar-refractivity contribution is 0.0955. The number of nitrogens with zero attached hydrogens (tertiary/aromatic N) is 1. The molecule has 0 aliphatic carbocycles. The predicted octanol–water partition coefficient (Wildman–Crippen LogP) is 4.26. The van der Waals surface area contributed by atoms with E-state index in [4.69, 9.17) is 23.2 Å². The molecule has 0 fully saturated rings. The highest BCUT2D eigenvalue weighted by Crippen LogP contribution is 2.28. The standard InChI is InChI=1S/C20H15Cl2N3O4S/c21-15-6-9-18(22)19(11-15)25-30(28,29)17-3-1-2-14(10-17)20(27)24-23-12-13-4-7-16(26)8-5-13/h1-12,25-26H,(H,24,27)/b23-12+. The maximum absolute atomic E-state index is 12.7. The van der Waals surface area contributed by atoms with Gasteiger partial charge in [-0.1, -0.05) is 29.3 Å². The van der Waals surface area contributed by atoms with E-state index in [0.717, 1.165) is 0 Å². The highest BCUT2D eigenvalue weighted by atomic mass is 35.5. The van der Waals surface area contributed by atoms with Crippen LogP contribution in [0.4, 0.5) is 5.69 Å². The average molecular weight is 464 g/mol. The summed E-state index contributed by atoms with van der Waals surface area (Å²) in [5.41, 5.74) is 3.20. The molecule has 0 aromatic heterocycles. The number of hydrazone groups is 1. The van der Waals surface area contributed by atoms with Gasteiger partial charge < -0.3 is 5.11 Å². The average Bonchev–Trinajstić information content (AvgIpc) is 2.72. The van der Waals surface area contributed by atoms with Crippen LogP contribution < -0.4 is 10.1 Å². The van der Waals surface area contributed by atoms with Crippen molar-refractivity contribution in [1.82, 2.24) is 5.43 Å². The molecule has 3 aromatic rings. The normalized spacial score (nSPS) is 11.4. The van der Waals surface area contributed by atoms with Crippen molar-refractivity contribution in [1.29, 1.82) is 0 Å². The predicted molar refractivity (Wildman–Crippen MR) is 117 cm³/mol. The Kier molecular flexibility index (Phi) is 6.61. The number of benzene rings is 3. The Labute approximate surface area is 183 Å². The molecule has 0 saturated carbocycles. The molecule has 0 aliphatic heterocycles. The third kappa shape index (κ3) is 5.50. The van der Waals surface area contributed by atoms with Crippen LogP contribution >= 0.6 is 23.2 Å². The number of hydrogen-bond acceptors (Lipinski definition) is 5. The molecule has 3 aromatic carbocycles. The Morgan fingerprint density at radius 2 is 1.73 bits per heavy atom. The summed E-state index contributed by atoms with van der Waals surface area (Å²) in [7, 11) is -4.01. The fraction of sp³-hybridized carbons (Fsp3) is 0. The number of nitrogens with one attached hydrogen (secondary N) is 2. The fourth-order valence-corrected chi connectivity index (χ4v) is 3.88. The lowest BCUT2D eigenvalue weighted by Crippen LogP contribution is -2.19. The van der Waals surface area contributed by atoms with Gasteiger partial charge in [0, 0.05) is 10.6 Å². The van der Waals surface area contributed by atoms with Crippen LogP contribution in [-0.4, -0.2) is 25.6 Å². The molecule has 0 saturated heterocycles. The van der Waals surface area contributed by atoms with Gasteiger partial charge in [0.1, 0.15) is 5.75 Å². The van der Waals surface area contributed by atoms with Gasteiger partial charge in [0.15, 0.2) is 0 Å². The minimum absolute atomic E-state index is 0.0953. The van der Waals surface area contributed by atoms with Gasteiger partial charge in [0.2, 0.25) is 0 Å². The van der Waals surface area contributed by atoms with Crippen molar-refractivity contribution in [2.24, 2.45) is 5.10 Å². The quantitative estimate of drug-likeness (QED) is 0.374. The molecule has 30 heavy (non-hydrogen) atoms. The number of rotatable bonds is 6. The Morgan fingerprint density at radius 3 is 2.47 bits per heavy atom. The van der Waals surface area contributed by atoms with E-state index >= 15 is 0 Å². The molecule has 3 rings (SSSR count). The van der Waals surface area contributed by atoms with Gasteiger partial charge >= 0.3 is 0 Å². The number of halogens is 2. The third-order valence-corrected chi connectivity index (χ3v) is 5.78. The largest absolute Gasteiger partial charge is 0.508 e. The van der Waals surface area contributed by atoms with Gasteiger partial charge in [-0.25, -0.2) is 13.8 Å². The lowest BCUT2D eigenvalue weighted by atomic mass is 10.2. The van der Waals surface area contributed by atoms with Crippen molar-refractivity contribution in [3.8, 4) is 5.75 Å². The summed E-state index contributed by atoms with van der Waals surface area (Å²) in [5, 5.41) is 13.6. The summed E-state index contributed by atoms with van der Waals surface area (Å²) in [6, 6.07) is 16.0. The van der Waals surface area contributed by atoms with Crippen LogP contribution in [-0.2, 0) is 10.0 Å². The van der Waals surface area contributed by atoms with Crippen LogP contribution in [0.5, 0.6) is 5.75 Å². The van der Waals surface area contributed by atoms with Crippen LogP contribution in [0, 0.1) is 0 Å². The monoisotopic (exact) mass is 463 g/mol. The zero-order valence-corrected chi connectivity index (χ0v) is 17.5. The number of carbonyl (C=O) groups is 1. The molecule has 0 heterocycles. The van der Waals surface area contributed by atoms with Gasteiger partial charge in [-0.05, 0) is 66.2 Å². The van der Waals surface area contributed by atoms with E-state index in [0.29, 0.717) is 10.6 Å². The first kappa shape index (κ1) is 21.6. The van der Waals surface area contributed by atoms with Crippen molar-refractivity contribution < 1.29 is 18.3 Å². The van der Waals surface area contributed by atoms with Crippen LogP contribution in [0.25, 0.3) is 0 Å². The molecule has 0 spiro atoms. The van der Waals surface area contributed by atoms with Gasteiger partial charge in [-0.2, -0.15) is 5.10 Å². The minimum atomic E-state index is -4.01. The summed E-state index contributed by atoms with van der Waals surface area (Å²) in [6.07, 6.45) is 1.39. The number of hydrogen-bond donors (Lipinski definition) is 3. The van der Waals surface area contributed by atoms with Crippen molar-refractivity contribution in [3.63, 3.8) is 0 Å². The van der Waals surface area contributed by atoms with E-state index in [2.05, 4.69) is 15.2 Å². The van der Waals surface area contributed by atoms with Gasteiger partial charge in [0.05, 0.1) is 21.8 Å². The molecule has 10 heteroatoms. The smallest absolute Gasteiger partial charge is 0.271 e. The van der Waals surface area contributed by atoms with Crippen LogP contribution in [0.3, 0.4) is 0 Å². The number of phenols is 1. The maximum atomic E-state index is 12.7.